The Labute approximate surface area is 335 Å². The minimum absolute atomic E-state index is 0.0150. The standard InChI is InChI=1S/C40H61ClFN4O9P/c1-3-4-5-6-7-8-9-10-11-12-13-14-15-16-17-18-23-51-26-30(52-25-29-19-20-32(42)31(41)24-29)27-53-56(49,50)55-36-35-40(36,48)38(47)39(2,54-35)34-22-21-33-37(43)44-28-45-46(33)34/h19-22,24,28,30,35-36,38,47-48H,3-18,23,25-27H2,1-2H3,(H,49,50)(H2,43,44,45)/t30-,35-,36?,38+,39+,40+/m1/s1. The molecule has 3 heterocycles. The van der Waals surface area contributed by atoms with E-state index in [-0.39, 0.29) is 24.1 Å². The van der Waals surface area contributed by atoms with Crippen molar-refractivity contribution in [2.45, 2.75) is 159 Å². The Hall–Kier alpha value is -2.23. The molecular weight excluding hydrogens is 766 g/mol. The fourth-order valence-corrected chi connectivity index (χ4v) is 8.73. The van der Waals surface area contributed by atoms with Crippen molar-refractivity contribution in [3.63, 3.8) is 0 Å². The van der Waals surface area contributed by atoms with Gasteiger partial charge in [0.1, 0.15) is 47.7 Å². The minimum Gasteiger partial charge on any atom is -0.386 e. The monoisotopic (exact) mass is 826 g/mol. The third-order valence-electron chi connectivity index (χ3n) is 11.0. The summed E-state index contributed by atoms with van der Waals surface area (Å²) in [5, 5.41) is 26.7. The Morgan fingerprint density at radius 1 is 0.982 bits per heavy atom. The second-order valence-electron chi connectivity index (χ2n) is 15.4. The van der Waals surface area contributed by atoms with E-state index in [9.17, 15) is 24.1 Å². The number of phosphoric ester groups is 1. The number of benzene rings is 1. The van der Waals surface area contributed by atoms with Crippen LogP contribution in [0.1, 0.15) is 128 Å². The van der Waals surface area contributed by atoms with Gasteiger partial charge in [0.2, 0.25) is 0 Å². The summed E-state index contributed by atoms with van der Waals surface area (Å²) in [5.74, 6) is -0.336. The molecule has 56 heavy (non-hydrogen) atoms. The molecule has 1 saturated carbocycles. The molecule has 0 spiro atoms. The van der Waals surface area contributed by atoms with E-state index < -0.39 is 55.9 Å². The lowest BCUT2D eigenvalue weighted by atomic mass is 9.91. The number of aliphatic hydroxyl groups is 2. The lowest BCUT2D eigenvalue weighted by Crippen LogP contribution is -2.46. The average Bonchev–Trinajstić information content (AvgIpc) is 3.42. The summed E-state index contributed by atoms with van der Waals surface area (Å²) in [7, 11) is -4.80. The first-order valence-electron chi connectivity index (χ1n) is 20.4. The van der Waals surface area contributed by atoms with Crippen LogP contribution in [0.15, 0.2) is 36.7 Å². The van der Waals surface area contributed by atoms with Crippen LogP contribution in [-0.2, 0) is 40.0 Å². The van der Waals surface area contributed by atoms with Gasteiger partial charge in [0.15, 0.2) is 11.4 Å². The summed E-state index contributed by atoms with van der Waals surface area (Å²) in [4.78, 5) is 14.6. The lowest BCUT2D eigenvalue weighted by molar-refractivity contribution is -0.127. The molecular formula is C40H61ClFN4O9P. The number of nitrogens with two attached hydrogens (primary N) is 1. The summed E-state index contributed by atoms with van der Waals surface area (Å²) < 4.78 is 56.8. The molecule has 1 aliphatic heterocycles. The van der Waals surface area contributed by atoms with E-state index in [0.29, 0.717) is 23.4 Å². The molecule has 5 rings (SSSR count). The molecule has 13 nitrogen and oxygen atoms in total. The van der Waals surface area contributed by atoms with E-state index in [1.807, 2.05) is 0 Å². The summed E-state index contributed by atoms with van der Waals surface area (Å²) in [6.07, 6.45) is 16.8. The van der Waals surface area contributed by atoms with Crippen LogP contribution in [0.2, 0.25) is 5.02 Å². The highest BCUT2D eigenvalue weighted by atomic mass is 35.5. The quantitative estimate of drug-likeness (QED) is 0.0408. The number of aromatic nitrogens is 3. The molecule has 2 aromatic heterocycles. The molecule has 1 aromatic carbocycles. The van der Waals surface area contributed by atoms with Gasteiger partial charge in [-0.3, -0.25) is 9.05 Å². The molecule has 1 saturated heterocycles. The van der Waals surface area contributed by atoms with Gasteiger partial charge in [-0.1, -0.05) is 121 Å². The molecule has 5 N–H and O–H groups in total. The largest absolute Gasteiger partial charge is 0.472 e. The zero-order valence-electron chi connectivity index (χ0n) is 32.8. The number of phosphoric acid groups is 1. The van der Waals surface area contributed by atoms with Crippen molar-refractivity contribution in [2.24, 2.45) is 0 Å². The summed E-state index contributed by atoms with van der Waals surface area (Å²) in [6.45, 7) is 3.99. The molecule has 3 aromatic rings. The number of nitrogens with zero attached hydrogens (tertiary/aromatic N) is 3. The number of aliphatic hydroxyl groups excluding tert-OH is 1. The second kappa shape index (κ2) is 21.2. The van der Waals surface area contributed by atoms with Gasteiger partial charge in [-0.25, -0.2) is 18.5 Å². The van der Waals surface area contributed by atoms with Crippen LogP contribution < -0.4 is 5.73 Å². The number of hydrogen-bond donors (Lipinski definition) is 4. The van der Waals surface area contributed by atoms with Gasteiger partial charge in [-0.2, -0.15) is 5.10 Å². The molecule has 0 bridgehead atoms. The van der Waals surface area contributed by atoms with Crippen molar-refractivity contribution >= 4 is 30.8 Å². The van der Waals surface area contributed by atoms with E-state index >= 15 is 0 Å². The van der Waals surface area contributed by atoms with Gasteiger partial charge >= 0.3 is 7.82 Å². The molecule has 2 aliphatic rings. The van der Waals surface area contributed by atoms with E-state index in [0.717, 1.165) is 19.3 Å². The molecule has 2 fully saturated rings. The number of fused-ring (bicyclic) bond motifs is 2. The average molecular weight is 827 g/mol. The van der Waals surface area contributed by atoms with Gasteiger partial charge in [0, 0.05) is 6.61 Å². The molecule has 2 unspecified atom stereocenters. The maximum absolute atomic E-state index is 13.7. The maximum atomic E-state index is 13.7. The van der Waals surface area contributed by atoms with Crippen LogP contribution in [0.3, 0.4) is 0 Å². The number of nitrogen functional groups attached to an aromatic ring is 1. The Bertz CT molecular complexity index is 1720. The first kappa shape index (κ1) is 44.9. The van der Waals surface area contributed by atoms with E-state index in [1.165, 1.54) is 113 Å². The van der Waals surface area contributed by atoms with Crippen molar-refractivity contribution in [3.8, 4) is 0 Å². The Balaban J connectivity index is 1.01. The van der Waals surface area contributed by atoms with E-state index in [1.54, 1.807) is 19.1 Å². The Morgan fingerprint density at radius 2 is 1.61 bits per heavy atom. The smallest absolute Gasteiger partial charge is 0.386 e. The highest BCUT2D eigenvalue weighted by Gasteiger charge is 2.82. The number of halogens is 2. The van der Waals surface area contributed by atoms with Crippen LogP contribution >= 0.6 is 19.4 Å². The third-order valence-corrected chi connectivity index (χ3v) is 12.2. The highest BCUT2D eigenvalue weighted by molar-refractivity contribution is 7.47. The van der Waals surface area contributed by atoms with Crippen LogP contribution in [-0.4, -0.2) is 79.5 Å². The third kappa shape index (κ3) is 11.7. The van der Waals surface area contributed by atoms with Crippen molar-refractivity contribution < 1.29 is 47.3 Å². The van der Waals surface area contributed by atoms with Crippen molar-refractivity contribution in [3.05, 3.63) is 58.8 Å². The first-order valence-corrected chi connectivity index (χ1v) is 22.2. The fourth-order valence-electron chi connectivity index (χ4n) is 7.54. The van der Waals surface area contributed by atoms with E-state index in [2.05, 4.69) is 17.0 Å². The molecule has 7 atom stereocenters. The van der Waals surface area contributed by atoms with E-state index in [4.69, 9.17) is 40.6 Å². The van der Waals surface area contributed by atoms with Gasteiger partial charge in [-0.05, 0) is 43.2 Å². The minimum atomic E-state index is -4.80. The Morgan fingerprint density at radius 3 is 2.20 bits per heavy atom. The number of anilines is 1. The number of rotatable bonds is 28. The van der Waals surface area contributed by atoms with Crippen LogP contribution in [0.25, 0.3) is 5.52 Å². The first-order chi connectivity index (χ1) is 26.9. The molecule has 314 valence electrons. The van der Waals surface area contributed by atoms with Crippen molar-refractivity contribution in [1.29, 1.82) is 0 Å². The normalized spacial score (nSPS) is 24.7. The number of unbranched alkanes of at least 4 members (excludes halogenated alkanes) is 15. The van der Waals surface area contributed by atoms with Crippen LogP contribution in [0, 0.1) is 5.82 Å². The number of hydrogen-bond acceptors (Lipinski definition) is 11. The highest BCUT2D eigenvalue weighted by Crippen LogP contribution is 2.63. The zero-order chi connectivity index (χ0) is 40.2. The van der Waals surface area contributed by atoms with Crippen LogP contribution in [0.5, 0.6) is 0 Å². The van der Waals surface area contributed by atoms with Crippen molar-refractivity contribution in [1.82, 2.24) is 14.6 Å². The number of ether oxygens (including phenoxy) is 3. The molecule has 16 heteroatoms. The second-order valence-corrected chi connectivity index (χ2v) is 17.3. The topological polar surface area (TPSA) is 180 Å². The summed E-state index contributed by atoms with van der Waals surface area (Å²) in [5.41, 5.74) is 3.99. The Kier molecular flexibility index (Phi) is 16.9. The van der Waals surface area contributed by atoms with Gasteiger partial charge in [-0.15, -0.1) is 0 Å². The van der Waals surface area contributed by atoms with Gasteiger partial charge < -0.3 is 35.1 Å². The predicted octanol–water partition coefficient (Wildman–Crippen LogP) is 8.19. The van der Waals surface area contributed by atoms with Crippen LogP contribution in [0.4, 0.5) is 10.2 Å². The van der Waals surface area contributed by atoms with Gasteiger partial charge in [0.25, 0.3) is 0 Å². The summed E-state index contributed by atoms with van der Waals surface area (Å²) in [6, 6.07) is 7.52. The maximum Gasteiger partial charge on any atom is 0.472 e. The summed E-state index contributed by atoms with van der Waals surface area (Å²) >= 11 is 5.94. The predicted molar refractivity (Wildman–Crippen MR) is 212 cm³/mol. The van der Waals surface area contributed by atoms with Crippen molar-refractivity contribution in [2.75, 3.05) is 25.6 Å². The lowest BCUT2D eigenvalue weighted by Gasteiger charge is -2.32. The fraction of sp³-hybridized carbons (Fsp3) is 0.700. The SMILES string of the molecule is CCCCCCCCCCCCCCCCCCOC[C@H](COP(=O)(O)OC1[C@H]2O[C@@](C)(c3ccc4c(N)ncnn34)[C@H](O)[C@@]12O)OCc1ccc(F)c(Cl)c1. The van der Waals surface area contributed by atoms with Gasteiger partial charge in [0.05, 0.1) is 30.5 Å². The zero-order valence-corrected chi connectivity index (χ0v) is 34.5. The molecule has 0 radical (unpaired) electrons. The molecule has 0 amide bonds. The molecule has 1 aliphatic carbocycles.